The summed E-state index contributed by atoms with van der Waals surface area (Å²) in [6.07, 6.45) is 3.92. The number of rotatable bonds is 9. The van der Waals surface area contributed by atoms with Crippen LogP contribution in [0.2, 0.25) is 0 Å². The molecule has 11 nitrogen and oxygen atoms in total. The SMILES string of the molecule is COC1C=C(N(C)CCN(C)C)C([N+](=O)[O-])=CC1(N)c1nccc(OC2CNC2)n1. The molecule has 1 aromatic heterocycles. The number of likely N-dealkylation sites (N-methyl/N-ethyl adjacent to an activating group) is 2. The summed E-state index contributed by atoms with van der Waals surface area (Å²) < 4.78 is 11.4. The highest BCUT2D eigenvalue weighted by molar-refractivity contribution is 5.39. The number of methoxy groups -OCH3 is 1. The average Bonchev–Trinajstić information content (AvgIpc) is 2.68. The van der Waals surface area contributed by atoms with Crippen LogP contribution in [-0.4, -0.2) is 91.3 Å². The quantitative estimate of drug-likeness (QED) is 0.400. The second-order valence-electron chi connectivity index (χ2n) is 7.77. The van der Waals surface area contributed by atoms with Gasteiger partial charge in [0.25, 0.3) is 5.70 Å². The lowest BCUT2D eigenvalue weighted by Crippen LogP contribution is -2.52. The van der Waals surface area contributed by atoms with E-state index in [2.05, 4.69) is 15.3 Å². The Labute approximate surface area is 175 Å². The first-order valence-corrected chi connectivity index (χ1v) is 9.72. The number of nitrogens with one attached hydrogen (secondary N) is 1. The van der Waals surface area contributed by atoms with Crippen LogP contribution >= 0.6 is 0 Å². The summed E-state index contributed by atoms with van der Waals surface area (Å²) in [4.78, 5) is 24.0. The third kappa shape index (κ3) is 4.59. The fraction of sp³-hybridized carbons (Fsp3) is 0.579. The van der Waals surface area contributed by atoms with Gasteiger partial charge >= 0.3 is 0 Å². The molecule has 1 fully saturated rings. The van der Waals surface area contributed by atoms with E-state index >= 15 is 0 Å². The van der Waals surface area contributed by atoms with Crippen molar-refractivity contribution in [2.24, 2.45) is 5.73 Å². The van der Waals surface area contributed by atoms with Gasteiger partial charge in [0.1, 0.15) is 23.4 Å². The summed E-state index contributed by atoms with van der Waals surface area (Å²) >= 11 is 0. The molecule has 2 atom stereocenters. The Balaban J connectivity index is 1.94. The van der Waals surface area contributed by atoms with Gasteiger partial charge in [-0.3, -0.25) is 10.1 Å². The van der Waals surface area contributed by atoms with Crippen LogP contribution in [0.1, 0.15) is 5.82 Å². The van der Waals surface area contributed by atoms with Gasteiger partial charge in [0.05, 0.1) is 4.92 Å². The van der Waals surface area contributed by atoms with Crippen LogP contribution in [0.15, 0.2) is 35.8 Å². The highest BCUT2D eigenvalue weighted by Gasteiger charge is 2.45. The van der Waals surface area contributed by atoms with Crippen LogP contribution in [0.5, 0.6) is 5.88 Å². The normalized spacial score (nSPS) is 24.1. The number of hydrogen-bond acceptors (Lipinski definition) is 10. The lowest BCUT2D eigenvalue weighted by atomic mass is 9.85. The van der Waals surface area contributed by atoms with Gasteiger partial charge in [0.2, 0.25) is 5.88 Å². The van der Waals surface area contributed by atoms with Gasteiger partial charge in [-0.25, -0.2) is 4.98 Å². The van der Waals surface area contributed by atoms with Crippen molar-refractivity contribution in [1.82, 2.24) is 25.1 Å². The van der Waals surface area contributed by atoms with Crippen molar-refractivity contribution in [3.05, 3.63) is 51.7 Å². The Morgan fingerprint density at radius 3 is 2.67 bits per heavy atom. The highest BCUT2D eigenvalue weighted by atomic mass is 16.6. The third-order valence-electron chi connectivity index (χ3n) is 5.21. The first-order chi connectivity index (χ1) is 14.2. The molecule has 0 radical (unpaired) electrons. The van der Waals surface area contributed by atoms with Crippen molar-refractivity contribution in [2.75, 3.05) is 54.4 Å². The molecular weight excluding hydrogens is 390 g/mol. The van der Waals surface area contributed by atoms with Crippen molar-refractivity contribution in [2.45, 2.75) is 17.7 Å². The Kier molecular flexibility index (Phi) is 6.66. The van der Waals surface area contributed by atoms with Gasteiger partial charge in [0.15, 0.2) is 5.82 Å². The maximum Gasteiger partial charge on any atom is 0.290 e. The van der Waals surface area contributed by atoms with E-state index in [0.29, 0.717) is 18.1 Å². The molecule has 2 heterocycles. The summed E-state index contributed by atoms with van der Waals surface area (Å²) in [5, 5.41) is 15.0. The second-order valence-corrected chi connectivity index (χ2v) is 7.77. The van der Waals surface area contributed by atoms with Gasteiger partial charge in [-0.2, -0.15) is 4.98 Å². The minimum absolute atomic E-state index is 0.0350. The smallest absolute Gasteiger partial charge is 0.290 e. The zero-order valence-corrected chi connectivity index (χ0v) is 17.7. The molecule has 0 spiro atoms. The predicted molar refractivity (Wildman–Crippen MR) is 110 cm³/mol. The Morgan fingerprint density at radius 2 is 2.10 bits per heavy atom. The van der Waals surface area contributed by atoms with Crippen molar-refractivity contribution < 1.29 is 14.4 Å². The number of nitro groups is 1. The van der Waals surface area contributed by atoms with Gasteiger partial charge in [-0.1, -0.05) is 0 Å². The number of ether oxygens (including phenoxy) is 2. The van der Waals surface area contributed by atoms with Crippen LogP contribution in [0, 0.1) is 10.1 Å². The number of aromatic nitrogens is 2. The average molecular weight is 419 g/mol. The van der Waals surface area contributed by atoms with E-state index in [9.17, 15) is 10.1 Å². The highest BCUT2D eigenvalue weighted by Crippen LogP contribution is 2.34. The van der Waals surface area contributed by atoms with Crippen LogP contribution in [0.25, 0.3) is 0 Å². The molecule has 3 N–H and O–H groups in total. The van der Waals surface area contributed by atoms with Crippen LogP contribution in [0.4, 0.5) is 0 Å². The Bertz CT molecular complexity index is 840. The zero-order valence-electron chi connectivity index (χ0n) is 17.7. The van der Waals surface area contributed by atoms with Gasteiger partial charge in [0, 0.05) is 58.7 Å². The van der Waals surface area contributed by atoms with Gasteiger partial charge in [-0.05, 0) is 20.2 Å². The third-order valence-corrected chi connectivity index (χ3v) is 5.21. The van der Waals surface area contributed by atoms with Crippen molar-refractivity contribution in [3.63, 3.8) is 0 Å². The molecule has 1 saturated heterocycles. The molecule has 1 aromatic rings. The molecule has 0 bridgehead atoms. The summed E-state index contributed by atoms with van der Waals surface area (Å²) in [5.74, 6) is 0.574. The van der Waals surface area contributed by atoms with E-state index in [1.807, 2.05) is 23.9 Å². The summed E-state index contributed by atoms with van der Waals surface area (Å²) in [6, 6.07) is 1.64. The Morgan fingerprint density at radius 1 is 1.37 bits per heavy atom. The summed E-state index contributed by atoms with van der Waals surface area (Å²) in [5.41, 5.74) is 5.55. The number of nitrogens with zero attached hydrogens (tertiary/aromatic N) is 5. The number of nitrogens with two attached hydrogens (primary N) is 1. The summed E-state index contributed by atoms with van der Waals surface area (Å²) in [6.45, 7) is 2.82. The minimum Gasteiger partial charge on any atom is -0.472 e. The standard InChI is InChI=1S/C19H29N7O4/c1-24(2)7-8-25(3)14-9-16(29-4)19(20,10-15(14)26(27)28)18-22-6-5-17(23-18)30-13-11-21-12-13/h5-6,9-10,13,16,21H,7-8,11-12,20H2,1-4H3. The molecule has 0 amide bonds. The molecule has 2 aliphatic rings. The molecule has 1 aliphatic carbocycles. The van der Waals surface area contributed by atoms with Gasteiger partial charge < -0.3 is 30.3 Å². The second kappa shape index (κ2) is 9.04. The van der Waals surface area contributed by atoms with E-state index in [1.54, 1.807) is 19.2 Å². The molecule has 164 valence electrons. The predicted octanol–water partition coefficient (Wildman–Crippen LogP) is -0.452. The lowest BCUT2D eigenvalue weighted by Gasteiger charge is -2.35. The zero-order chi connectivity index (χ0) is 21.9. The van der Waals surface area contributed by atoms with E-state index in [4.69, 9.17) is 15.2 Å². The van der Waals surface area contributed by atoms with Gasteiger partial charge in [-0.15, -0.1) is 0 Å². The fourth-order valence-corrected chi connectivity index (χ4v) is 3.28. The van der Waals surface area contributed by atoms with Crippen molar-refractivity contribution in [3.8, 4) is 5.88 Å². The molecule has 2 unspecified atom stereocenters. The monoisotopic (exact) mass is 419 g/mol. The molecule has 0 saturated carbocycles. The Hall–Kier alpha value is -2.60. The minimum atomic E-state index is -1.42. The maximum atomic E-state index is 11.9. The molecule has 3 rings (SSSR count). The lowest BCUT2D eigenvalue weighted by molar-refractivity contribution is -0.423. The molecule has 11 heteroatoms. The largest absolute Gasteiger partial charge is 0.472 e. The fourth-order valence-electron chi connectivity index (χ4n) is 3.28. The summed E-state index contributed by atoms with van der Waals surface area (Å²) in [7, 11) is 7.21. The van der Waals surface area contributed by atoms with Crippen LogP contribution < -0.4 is 15.8 Å². The first-order valence-electron chi connectivity index (χ1n) is 9.72. The first kappa shape index (κ1) is 22.1. The van der Waals surface area contributed by atoms with E-state index in [-0.39, 0.29) is 17.6 Å². The van der Waals surface area contributed by atoms with Crippen molar-refractivity contribution >= 4 is 0 Å². The van der Waals surface area contributed by atoms with Crippen LogP contribution in [0.3, 0.4) is 0 Å². The van der Waals surface area contributed by atoms with Crippen molar-refractivity contribution in [1.29, 1.82) is 0 Å². The van der Waals surface area contributed by atoms with E-state index < -0.39 is 16.6 Å². The molecular formula is C19H29N7O4. The molecule has 1 aliphatic heterocycles. The topological polar surface area (TPSA) is 132 Å². The van der Waals surface area contributed by atoms with Crippen LogP contribution in [-0.2, 0) is 10.3 Å². The molecule has 30 heavy (non-hydrogen) atoms. The maximum absolute atomic E-state index is 11.9. The molecule has 0 aromatic carbocycles. The van der Waals surface area contributed by atoms with E-state index in [0.717, 1.165) is 19.6 Å². The van der Waals surface area contributed by atoms with E-state index in [1.165, 1.54) is 19.4 Å². The number of hydrogen-bond donors (Lipinski definition) is 2.